The molecule has 4 aromatic rings. The number of rotatable bonds is 6. The summed E-state index contributed by atoms with van der Waals surface area (Å²) >= 11 is 5.97. The van der Waals surface area contributed by atoms with Gasteiger partial charge in [0.25, 0.3) is 5.56 Å². The van der Waals surface area contributed by atoms with Crippen LogP contribution in [0.15, 0.2) is 33.9 Å². The lowest BCUT2D eigenvalue weighted by atomic mass is 10.2. The van der Waals surface area contributed by atoms with E-state index in [4.69, 9.17) is 16.6 Å². The van der Waals surface area contributed by atoms with E-state index in [1.807, 2.05) is 44.5 Å². The van der Waals surface area contributed by atoms with Gasteiger partial charge >= 0.3 is 5.69 Å². The van der Waals surface area contributed by atoms with Crippen molar-refractivity contribution in [1.29, 1.82) is 0 Å². The molecule has 0 atom stereocenters. The molecule has 0 fully saturated rings. The van der Waals surface area contributed by atoms with Crippen LogP contribution in [0.25, 0.3) is 16.9 Å². The zero-order chi connectivity index (χ0) is 22.4. The van der Waals surface area contributed by atoms with Crippen molar-refractivity contribution in [3.05, 3.63) is 67.1 Å². The summed E-state index contributed by atoms with van der Waals surface area (Å²) in [5.74, 6) is 0.695. The third-order valence-corrected chi connectivity index (χ3v) is 6.12. The van der Waals surface area contributed by atoms with Crippen LogP contribution in [0.3, 0.4) is 0 Å². The minimum absolute atomic E-state index is 0.174. The van der Waals surface area contributed by atoms with Gasteiger partial charge in [-0.1, -0.05) is 23.7 Å². The average Bonchev–Trinajstić information content (AvgIpc) is 3.22. The molecule has 1 aromatic carbocycles. The number of hydrogen-bond acceptors (Lipinski definition) is 4. The summed E-state index contributed by atoms with van der Waals surface area (Å²) in [5.41, 5.74) is 2.96. The molecule has 0 spiro atoms. The number of fused-ring (bicyclic) bond motifs is 3. The van der Waals surface area contributed by atoms with E-state index in [0.29, 0.717) is 22.0 Å². The molecule has 31 heavy (non-hydrogen) atoms. The highest BCUT2D eigenvalue weighted by Gasteiger charge is 2.22. The molecule has 0 aliphatic rings. The fraction of sp³-hybridized carbons (Fsp3) is 0.409. The molecular formula is C22H27ClN6O2. The fourth-order valence-corrected chi connectivity index (χ4v) is 4.17. The summed E-state index contributed by atoms with van der Waals surface area (Å²) in [6.07, 6.45) is 0.959. The molecule has 0 radical (unpaired) electrons. The number of halogens is 1. The van der Waals surface area contributed by atoms with Crippen LogP contribution >= 0.6 is 11.6 Å². The quantitative estimate of drug-likeness (QED) is 0.460. The number of imidazole rings is 2. The Bertz CT molecular complexity index is 1390. The van der Waals surface area contributed by atoms with Gasteiger partial charge in [-0.15, -0.1) is 0 Å². The number of benzene rings is 1. The summed E-state index contributed by atoms with van der Waals surface area (Å²) in [6.45, 7) is 5.94. The highest BCUT2D eigenvalue weighted by atomic mass is 35.5. The van der Waals surface area contributed by atoms with Crippen LogP contribution in [-0.4, -0.2) is 48.6 Å². The lowest BCUT2D eigenvalue weighted by molar-refractivity contribution is 0.386. The Morgan fingerprint density at radius 2 is 1.71 bits per heavy atom. The van der Waals surface area contributed by atoms with Crippen molar-refractivity contribution >= 4 is 28.5 Å². The Hall–Kier alpha value is -2.84. The molecule has 9 heteroatoms. The number of nitrogens with zero attached hydrogens (tertiary/aromatic N) is 6. The molecule has 3 aromatic heterocycles. The van der Waals surface area contributed by atoms with Crippen LogP contribution in [0.5, 0.6) is 0 Å². The maximum atomic E-state index is 13.5. The van der Waals surface area contributed by atoms with Gasteiger partial charge in [0.15, 0.2) is 11.2 Å². The maximum Gasteiger partial charge on any atom is 0.332 e. The van der Waals surface area contributed by atoms with E-state index in [0.717, 1.165) is 36.5 Å². The predicted molar refractivity (Wildman–Crippen MR) is 123 cm³/mol. The number of hydrogen-bond donors (Lipinski definition) is 0. The highest BCUT2D eigenvalue weighted by Crippen LogP contribution is 2.21. The molecule has 164 valence electrons. The standard InChI is InChI=1S/C22H27ClN6O2/c1-14-15(2)29-18-19(24-21(29)27(14)12-6-11-25(3)4)26(5)22(31)28(20(18)30)13-16-7-9-17(23)10-8-16/h7-10H,6,11-13H2,1-5H3. The molecule has 0 aliphatic heterocycles. The molecule has 0 N–H and O–H groups in total. The van der Waals surface area contributed by atoms with Crippen molar-refractivity contribution in [3.63, 3.8) is 0 Å². The molecular weight excluding hydrogens is 416 g/mol. The Balaban J connectivity index is 1.91. The molecule has 0 bridgehead atoms. The molecule has 4 rings (SSSR count). The van der Waals surface area contributed by atoms with E-state index in [9.17, 15) is 9.59 Å². The summed E-state index contributed by atoms with van der Waals surface area (Å²) < 4.78 is 6.74. The SMILES string of the molecule is Cc1c(C)n2c3c(=O)n(Cc4ccc(Cl)cc4)c(=O)n(C)c3nc2n1CCCN(C)C. The normalized spacial score (nSPS) is 12.0. The van der Waals surface area contributed by atoms with Gasteiger partial charge < -0.3 is 9.47 Å². The zero-order valence-electron chi connectivity index (χ0n) is 18.5. The highest BCUT2D eigenvalue weighted by molar-refractivity contribution is 6.30. The van der Waals surface area contributed by atoms with E-state index in [1.54, 1.807) is 19.2 Å². The molecule has 0 saturated heterocycles. The number of aryl methyl sites for hydroxylation is 3. The van der Waals surface area contributed by atoms with Crippen molar-refractivity contribution in [2.45, 2.75) is 33.4 Å². The third-order valence-electron chi connectivity index (χ3n) is 5.87. The largest absolute Gasteiger partial charge is 0.332 e. The lowest BCUT2D eigenvalue weighted by Gasteiger charge is -2.11. The first kappa shape index (κ1) is 21.4. The van der Waals surface area contributed by atoms with Gasteiger partial charge in [-0.05, 0) is 58.6 Å². The second kappa shape index (κ2) is 8.01. The van der Waals surface area contributed by atoms with Crippen molar-refractivity contribution in [3.8, 4) is 0 Å². The van der Waals surface area contributed by atoms with Crippen molar-refractivity contribution in [1.82, 2.24) is 28.0 Å². The summed E-state index contributed by atoms with van der Waals surface area (Å²) in [6, 6.07) is 7.15. The first-order chi connectivity index (χ1) is 14.7. The van der Waals surface area contributed by atoms with E-state index in [2.05, 4.69) is 9.47 Å². The second-order valence-corrected chi connectivity index (χ2v) is 8.69. The van der Waals surface area contributed by atoms with Gasteiger partial charge in [0.2, 0.25) is 5.78 Å². The predicted octanol–water partition coefficient (Wildman–Crippen LogP) is 2.42. The van der Waals surface area contributed by atoms with Crippen LogP contribution in [0.2, 0.25) is 5.02 Å². The first-order valence-electron chi connectivity index (χ1n) is 10.3. The molecule has 0 saturated carbocycles. The van der Waals surface area contributed by atoms with Crippen LogP contribution < -0.4 is 11.2 Å². The lowest BCUT2D eigenvalue weighted by Crippen LogP contribution is -2.39. The molecule has 0 aliphatic carbocycles. The average molecular weight is 443 g/mol. The Labute approximate surface area is 184 Å². The van der Waals surface area contributed by atoms with Crippen LogP contribution in [0, 0.1) is 13.8 Å². The van der Waals surface area contributed by atoms with E-state index in [1.165, 1.54) is 9.13 Å². The zero-order valence-corrected chi connectivity index (χ0v) is 19.3. The Morgan fingerprint density at radius 3 is 2.35 bits per heavy atom. The van der Waals surface area contributed by atoms with E-state index < -0.39 is 0 Å². The smallest absolute Gasteiger partial charge is 0.314 e. The van der Waals surface area contributed by atoms with Crippen molar-refractivity contribution in [2.75, 3.05) is 20.6 Å². The van der Waals surface area contributed by atoms with Gasteiger partial charge in [0.05, 0.1) is 6.54 Å². The Morgan fingerprint density at radius 1 is 1.03 bits per heavy atom. The topological polar surface area (TPSA) is 69.5 Å². The van der Waals surface area contributed by atoms with Gasteiger partial charge in [-0.2, -0.15) is 4.98 Å². The van der Waals surface area contributed by atoms with E-state index >= 15 is 0 Å². The van der Waals surface area contributed by atoms with E-state index in [-0.39, 0.29) is 17.8 Å². The Kier molecular flexibility index (Phi) is 5.53. The van der Waals surface area contributed by atoms with Crippen LogP contribution in [-0.2, 0) is 20.1 Å². The maximum absolute atomic E-state index is 13.5. The van der Waals surface area contributed by atoms with Crippen molar-refractivity contribution < 1.29 is 0 Å². The number of aromatic nitrogens is 5. The minimum atomic E-state index is -0.387. The molecule has 8 nitrogen and oxygen atoms in total. The van der Waals surface area contributed by atoms with Gasteiger partial charge in [0, 0.05) is 30.0 Å². The summed E-state index contributed by atoms with van der Waals surface area (Å²) in [4.78, 5) is 33.3. The van der Waals surface area contributed by atoms with Crippen LogP contribution in [0.1, 0.15) is 23.4 Å². The van der Waals surface area contributed by atoms with Gasteiger partial charge in [-0.25, -0.2) is 4.79 Å². The third kappa shape index (κ3) is 3.59. The summed E-state index contributed by atoms with van der Waals surface area (Å²) in [5, 5.41) is 0.610. The van der Waals surface area contributed by atoms with Crippen LogP contribution in [0.4, 0.5) is 0 Å². The molecule has 0 unspecified atom stereocenters. The second-order valence-electron chi connectivity index (χ2n) is 8.26. The fourth-order valence-electron chi connectivity index (χ4n) is 4.04. The summed E-state index contributed by atoms with van der Waals surface area (Å²) in [7, 11) is 5.76. The minimum Gasteiger partial charge on any atom is -0.314 e. The monoisotopic (exact) mass is 442 g/mol. The first-order valence-corrected chi connectivity index (χ1v) is 10.7. The van der Waals surface area contributed by atoms with Crippen molar-refractivity contribution in [2.24, 2.45) is 7.05 Å². The molecule has 3 heterocycles. The molecule has 0 amide bonds. The van der Waals surface area contributed by atoms with Gasteiger partial charge in [0.1, 0.15) is 0 Å². The van der Waals surface area contributed by atoms with Gasteiger partial charge in [-0.3, -0.25) is 18.3 Å².